The predicted octanol–water partition coefficient (Wildman–Crippen LogP) is 4.39. The van der Waals surface area contributed by atoms with Crippen LogP contribution in [0.3, 0.4) is 0 Å². The van der Waals surface area contributed by atoms with Crippen LogP contribution in [-0.4, -0.2) is 16.1 Å². The predicted molar refractivity (Wildman–Crippen MR) is 82.0 cm³/mol. The second kappa shape index (κ2) is 5.81. The molecule has 3 nitrogen and oxygen atoms in total. The van der Waals surface area contributed by atoms with Gasteiger partial charge in [0.2, 0.25) is 0 Å². The van der Waals surface area contributed by atoms with Gasteiger partial charge in [0, 0.05) is 22.3 Å². The van der Waals surface area contributed by atoms with Crippen molar-refractivity contribution in [2.45, 2.75) is 0 Å². The van der Waals surface area contributed by atoms with Crippen molar-refractivity contribution in [2.24, 2.45) is 0 Å². The summed E-state index contributed by atoms with van der Waals surface area (Å²) < 4.78 is 29.0. The molecule has 110 valence electrons. The zero-order chi connectivity index (χ0) is 15.7. The normalized spacial score (nSPS) is 10.7. The molecule has 3 rings (SSSR count). The fourth-order valence-electron chi connectivity index (χ4n) is 2.10. The zero-order valence-electron chi connectivity index (χ0n) is 11.1. The molecule has 22 heavy (non-hydrogen) atoms. The van der Waals surface area contributed by atoms with Crippen LogP contribution in [-0.2, 0) is 0 Å². The van der Waals surface area contributed by atoms with Crippen molar-refractivity contribution in [1.29, 1.82) is 0 Å². The number of aromatic nitrogens is 2. The summed E-state index contributed by atoms with van der Waals surface area (Å²) in [6.07, 6.45) is 2.07. The van der Waals surface area contributed by atoms with Crippen molar-refractivity contribution in [3.63, 3.8) is 0 Å². The van der Waals surface area contributed by atoms with E-state index in [1.54, 1.807) is 12.1 Å². The highest BCUT2D eigenvalue weighted by Crippen LogP contribution is 2.25. The van der Waals surface area contributed by atoms with Crippen molar-refractivity contribution in [2.75, 3.05) is 0 Å². The molecule has 0 radical (unpaired) electrons. The average Bonchev–Trinajstić information content (AvgIpc) is 2.92. The second-order valence-electron chi connectivity index (χ2n) is 4.60. The molecule has 0 atom stereocenters. The van der Waals surface area contributed by atoms with Gasteiger partial charge >= 0.3 is 0 Å². The van der Waals surface area contributed by atoms with Crippen LogP contribution in [0.15, 0.2) is 53.1 Å². The largest absolute Gasteiger partial charge is 0.298 e. The van der Waals surface area contributed by atoms with Crippen LogP contribution in [0, 0.1) is 11.6 Å². The zero-order valence-corrected chi connectivity index (χ0v) is 12.7. The number of halogens is 3. The van der Waals surface area contributed by atoms with E-state index < -0.39 is 11.6 Å². The Morgan fingerprint density at radius 3 is 2.45 bits per heavy atom. The Morgan fingerprint density at radius 1 is 1.09 bits per heavy atom. The lowest BCUT2D eigenvalue weighted by Gasteiger charge is -2.03. The maximum Gasteiger partial charge on any atom is 0.153 e. The second-order valence-corrected chi connectivity index (χ2v) is 5.51. The number of carbonyl (C=O) groups excluding carboxylic acids is 1. The number of aldehydes is 1. The van der Waals surface area contributed by atoms with Gasteiger partial charge in [-0.2, -0.15) is 5.10 Å². The van der Waals surface area contributed by atoms with Crippen LogP contribution in [0.5, 0.6) is 0 Å². The third-order valence-electron chi connectivity index (χ3n) is 3.14. The van der Waals surface area contributed by atoms with E-state index in [4.69, 9.17) is 0 Å². The molecule has 0 N–H and O–H groups in total. The lowest BCUT2D eigenvalue weighted by Crippen LogP contribution is -1.99. The van der Waals surface area contributed by atoms with Crippen molar-refractivity contribution in [3.05, 3.63) is 70.3 Å². The standard InChI is InChI=1S/C16H9BrF2N2O/c17-12-3-1-10(2-4-12)16-11(9-22)8-21(20-16)15-6-5-13(18)7-14(15)19/h1-9H. The van der Waals surface area contributed by atoms with Crippen molar-refractivity contribution in [3.8, 4) is 16.9 Å². The van der Waals surface area contributed by atoms with E-state index in [9.17, 15) is 13.6 Å². The molecule has 0 saturated heterocycles. The summed E-state index contributed by atoms with van der Waals surface area (Å²) in [5.41, 5.74) is 1.57. The fourth-order valence-corrected chi connectivity index (χ4v) is 2.36. The molecule has 0 aliphatic carbocycles. The van der Waals surface area contributed by atoms with Gasteiger partial charge in [-0.25, -0.2) is 13.5 Å². The first-order valence-corrected chi connectivity index (χ1v) is 7.14. The van der Waals surface area contributed by atoms with Gasteiger partial charge < -0.3 is 0 Å². The lowest BCUT2D eigenvalue weighted by atomic mass is 10.1. The topological polar surface area (TPSA) is 34.9 Å². The molecule has 0 bridgehead atoms. The minimum atomic E-state index is -0.748. The van der Waals surface area contributed by atoms with Crippen LogP contribution >= 0.6 is 15.9 Å². The highest BCUT2D eigenvalue weighted by molar-refractivity contribution is 9.10. The minimum Gasteiger partial charge on any atom is -0.298 e. The number of hydrogen-bond donors (Lipinski definition) is 0. The quantitative estimate of drug-likeness (QED) is 0.647. The molecule has 0 aliphatic rings. The number of hydrogen-bond acceptors (Lipinski definition) is 2. The Balaban J connectivity index is 2.12. The molecule has 0 fully saturated rings. The molecule has 0 aliphatic heterocycles. The summed E-state index contributed by atoms with van der Waals surface area (Å²) in [5, 5.41) is 4.25. The number of benzene rings is 2. The number of nitrogens with zero attached hydrogens (tertiary/aromatic N) is 2. The molecular weight excluding hydrogens is 354 g/mol. The van der Waals surface area contributed by atoms with Crippen molar-refractivity contribution >= 4 is 22.2 Å². The van der Waals surface area contributed by atoms with Gasteiger partial charge in [-0.05, 0) is 24.3 Å². The van der Waals surface area contributed by atoms with Crippen LogP contribution in [0.1, 0.15) is 10.4 Å². The molecule has 1 aromatic heterocycles. The molecule has 0 amide bonds. The number of carbonyl (C=O) groups is 1. The van der Waals surface area contributed by atoms with Crippen LogP contribution in [0.2, 0.25) is 0 Å². The van der Waals surface area contributed by atoms with E-state index >= 15 is 0 Å². The molecule has 3 aromatic rings. The maximum atomic E-state index is 13.8. The Bertz CT molecular complexity index is 844. The first-order chi connectivity index (χ1) is 10.6. The molecule has 0 unspecified atom stereocenters. The smallest absolute Gasteiger partial charge is 0.153 e. The molecular formula is C16H9BrF2N2O. The third-order valence-corrected chi connectivity index (χ3v) is 3.67. The van der Waals surface area contributed by atoms with Gasteiger partial charge in [0.25, 0.3) is 0 Å². The summed E-state index contributed by atoms with van der Waals surface area (Å²) in [6, 6.07) is 10.4. The van der Waals surface area contributed by atoms with E-state index in [0.29, 0.717) is 17.5 Å². The van der Waals surface area contributed by atoms with Gasteiger partial charge in [-0.1, -0.05) is 28.1 Å². The minimum absolute atomic E-state index is 0.0767. The lowest BCUT2D eigenvalue weighted by molar-refractivity contribution is 0.112. The maximum absolute atomic E-state index is 13.8. The van der Waals surface area contributed by atoms with E-state index in [1.807, 2.05) is 12.1 Å². The monoisotopic (exact) mass is 362 g/mol. The molecule has 2 aromatic carbocycles. The van der Waals surface area contributed by atoms with E-state index in [0.717, 1.165) is 22.2 Å². The Morgan fingerprint density at radius 2 is 1.82 bits per heavy atom. The highest BCUT2D eigenvalue weighted by atomic mass is 79.9. The average molecular weight is 363 g/mol. The SMILES string of the molecule is O=Cc1cn(-c2ccc(F)cc2F)nc1-c1ccc(Br)cc1. The van der Waals surface area contributed by atoms with Gasteiger partial charge in [0.1, 0.15) is 17.2 Å². The summed E-state index contributed by atoms with van der Waals surface area (Å²) >= 11 is 3.33. The van der Waals surface area contributed by atoms with Crippen LogP contribution in [0.4, 0.5) is 8.78 Å². The first-order valence-electron chi connectivity index (χ1n) is 6.34. The van der Waals surface area contributed by atoms with Crippen molar-refractivity contribution < 1.29 is 13.6 Å². The van der Waals surface area contributed by atoms with Gasteiger partial charge in [0.15, 0.2) is 12.1 Å². The summed E-state index contributed by atoms with van der Waals surface area (Å²) in [5.74, 6) is -1.42. The fraction of sp³-hybridized carbons (Fsp3) is 0. The Labute approximate surface area is 133 Å². The molecule has 6 heteroatoms. The van der Waals surface area contributed by atoms with E-state index in [1.165, 1.54) is 16.9 Å². The molecule has 0 saturated carbocycles. The Kier molecular flexibility index (Phi) is 3.85. The summed E-state index contributed by atoms with van der Waals surface area (Å²) in [4.78, 5) is 11.2. The molecule has 1 heterocycles. The first kappa shape index (κ1) is 14.6. The number of rotatable bonds is 3. The van der Waals surface area contributed by atoms with Crippen LogP contribution < -0.4 is 0 Å². The van der Waals surface area contributed by atoms with E-state index in [2.05, 4.69) is 21.0 Å². The summed E-state index contributed by atoms with van der Waals surface area (Å²) in [6.45, 7) is 0. The van der Waals surface area contributed by atoms with Gasteiger partial charge in [-0.15, -0.1) is 0 Å². The Hall–Kier alpha value is -2.34. The highest BCUT2D eigenvalue weighted by Gasteiger charge is 2.14. The van der Waals surface area contributed by atoms with Gasteiger partial charge in [0.05, 0.1) is 5.56 Å². The van der Waals surface area contributed by atoms with E-state index in [-0.39, 0.29) is 5.69 Å². The summed E-state index contributed by atoms with van der Waals surface area (Å²) in [7, 11) is 0. The van der Waals surface area contributed by atoms with Gasteiger partial charge in [-0.3, -0.25) is 4.79 Å². The van der Waals surface area contributed by atoms with Crippen molar-refractivity contribution in [1.82, 2.24) is 9.78 Å². The van der Waals surface area contributed by atoms with Crippen LogP contribution in [0.25, 0.3) is 16.9 Å². The third kappa shape index (κ3) is 2.69. The molecule has 0 spiro atoms.